The second-order valence-corrected chi connectivity index (χ2v) is 6.95. The third-order valence-corrected chi connectivity index (χ3v) is 4.91. The van der Waals surface area contributed by atoms with Gasteiger partial charge in [0.15, 0.2) is 0 Å². The Kier molecular flexibility index (Phi) is 4.69. The van der Waals surface area contributed by atoms with E-state index in [1.165, 1.54) is 4.90 Å². The van der Waals surface area contributed by atoms with Gasteiger partial charge in [-0.2, -0.15) is 0 Å². The minimum absolute atomic E-state index is 0.0959. The van der Waals surface area contributed by atoms with Gasteiger partial charge in [0.1, 0.15) is 6.04 Å². The highest BCUT2D eigenvalue weighted by Crippen LogP contribution is 2.28. The Hall–Kier alpha value is -2.17. The van der Waals surface area contributed by atoms with E-state index < -0.39 is 6.04 Å². The molecule has 0 aliphatic carbocycles. The van der Waals surface area contributed by atoms with Crippen molar-refractivity contribution in [1.29, 1.82) is 0 Å². The van der Waals surface area contributed by atoms with Crippen molar-refractivity contribution in [2.45, 2.75) is 45.6 Å². The van der Waals surface area contributed by atoms with E-state index in [2.05, 4.69) is 0 Å². The molecule has 1 saturated heterocycles. The number of carbonyl (C=O) groups is 3. The van der Waals surface area contributed by atoms with Gasteiger partial charge < -0.3 is 4.90 Å². The number of carbonyl (C=O) groups excluding carboxylic acids is 3. The van der Waals surface area contributed by atoms with E-state index in [-0.39, 0.29) is 23.6 Å². The highest BCUT2D eigenvalue weighted by molar-refractivity contribution is 6.22. The molecule has 2 aliphatic rings. The summed E-state index contributed by atoms with van der Waals surface area (Å²) in [5.74, 6) is -0.917. The summed E-state index contributed by atoms with van der Waals surface area (Å²) in [7, 11) is 0. The average molecular weight is 328 g/mol. The van der Waals surface area contributed by atoms with Crippen molar-refractivity contribution in [3.8, 4) is 0 Å². The molecule has 1 aromatic carbocycles. The summed E-state index contributed by atoms with van der Waals surface area (Å²) in [6.07, 6.45) is 4.23. The van der Waals surface area contributed by atoms with Gasteiger partial charge in [0.25, 0.3) is 11.8 Å². The molecule has 0 unspecified atom stereocenters. The molecular formula is C19H24N2O3. The summed E-state index contributed by atoms with van der Waals surface area (Å²) < 4.78 is 0. The quantitative estimate of drug-likeness (QED) is 0.802. The van der Waals surface area contributed by atoms with Crippen LogP contribution in [0.4, 0.5) is 0 Å². The first-order chi connectivity index (χ1) is 11.5. The molecule has 5 heteroatoms. The number of imide groups is 1. The predicted molar refractivity (Wildman–Crippen MR) is 90.6 cm³/mol. The van der Waals surface area contributed by atoms with Crippen LogP contribution in [-0.4, -0.2) is 46.7 Å². The molecule has 1 aromatic rings. The molecule has 0 aromatic heterocycles. The van der Waals surface area contributed by atoms with Crippen LogP contribution in [-0.2, 0) is 4.79 Å². The lowest BCUT2D eigenvalue weighted by Gasteiger charge is -2.33. The molecule has 0 radical (unpaired) electrons. The van der Waals surface area contributed by atoms with E-state index >= 15 is 0 Å². The number of nitrogens with zero attached hydrogens (tertiary/aromatic N) is 2. The van der Waals surface area contributed by atoms with Gasteiger partial charge in [-0.25, -0.2) is 0 Å². The smallest absolute Gasteiger partial charge is 0.262 e. The van der Waals surface area contributed by atoms with Crippen LogP contribution in [0.3, 0.4) is 0 Å². The number of hydrogen-bond donors (Lipinski definition) is 0. The molecule has 2 heterocycles. The standard InChI is InChI=1S/C19H24N2O3/c1-13(2)16(19(24)20-11-7-3-4-8-12-20)21-17(22)14-9-5-6-10-15(14)18(21)23/h5-6,9-10,13,16H,3-4,7-8,11-12H2,1-2H3/t16-/m1/s1. The van der Waals surface area contributed by atoms with Gasteiger partial charge in [-0.1, -0.05) is 38.8 Å². The van der Waals surface area contributed by atoms with Crippen LogP contribution < -0.4 is 0 Å². The number of hydrogen-bond acceptors (Lipinski definition) is 3. The predicted octanol–water partition coefficient (Wildman–Crippen LogP) is 2.71. The SMILES string of the molecule is CC(C)[C@H](C(=O)N1CCCCCC1)N1C(=O)c2ccccc2C1=O. The molecule has 1 atom stereocenters. The van der Waals surface area contributed by atoms with Crippen LogP contribution in [0, 0.1) is 5.92 Å². The molecule has 0 bridgehead atoms. The van der Waals surface area contributed by atoms with Crippen molar-refractivity contribution < 1.29 is 14.4 Å². The van der Waals surface area contributed by atoms with E-state index in [0.717, 1.165) is 25.7 Å². The topological polar surface area (TPSA) is 57.7 Å². The summed E-state index contributed by atoms with van der Waals surface area (Å²) in [5.41, 5.74) is 0.800. The van der Waals surface area contributed by atoms with Crippen LogP contribution in [0.1, 0.15) is 60.2 Å². The molecule has 128 valence electrons. The lowest BCUT2D eigenvalue weighted by Crippen LogP contribution is -2.53. The van der Waals surface area contributed by atoms with Crippen molar-refractivity contribution in [2.24, 2.45) is 5.92 Å². The normalized spacial score (nSPS) is 19.5. The Morgan fingerprint density at radius 2 is 1.42 bits per heavy atom. The van der Waals surface area contributed by atoms with Gasteiger partial charge in [0, 0.05) is 13.1 Å². The maximum atomic E-state index is 13.1. The fourth-order valence-corrected chi connectivity index (χ4v) is 3.63. The molecule has 2 aliphatic heterocycles. The fourth-order valence-electron chi connectivity index (χ4n) is 3.63. The number of rotatable bonds is 3. The zero-order chi connectivity index (χ0) is 17.3. The third-order valence-electron chi connectivity index (χ3n) is 4.91. The van der Waals surface area contributed by atoms with Gasteiger partial charge in [-0.15, -0.1) is 0 Å². The summed E-state index contributed by atoms with van der Waals surface area (Å²) >= 11 is 0. The lowest BCUT2D eigenvalue weighted by atomic mass is 10.0. The monoisotopic (exact) mass is 328 g/mol. The molecule has 5 nitrogen and oxygen atoms in total. The Morgan fingerprint density at radius 3 is 1.88 bits per heavy atom. The van der Waals surface area contributed by atoms with Gasteiger partial charge in [-0.3, -0.25) is 19.3 Å². The largest absolute Gasteiger partial charge is 0.341 e. The highest BCUT2D eigenvalue weighted by atomic mass is 16.2. The number of benzene rings is 1. The molecule has 0 saturated carbocycles. The Morgan fingerprint density at radius 1 is 0.917 bits per heavy atom. The van der Waals surface area contributed by atoms with Gasteiger partial charge in [-0.05, 0) is 30.9 Å². The maximum Gasteiger partial charge on any atom is 0.262 e. The summed E-state index contributed by atoms with van der Waals surface area (Å²) in [6, 6.07) is 6.07. The van der Waals surface area contributed by atoms with Crippen LogP contribution >= 0.6 is 0 Å². The Labute approximate surface area is 142 Å². The summed E-state index contributed by atoms with van der Waals surface area (Å²) in [4.78, 5) is 41.6. The third kappa shape index (κ3) is 2.83. The van der Waals surface area contributed by atoms with Gasteiger partial charge in [0.05, 0.1) is 11.1 Å². The first kappa shape index (κ1) is 16.7. The lowest BCUT2D eigenvalue weighted by molar-refractivity contribution is -0.136. The Balaban J connectivity index is 1.90. The van der Waals surface area contributed by atoms with Crippen LogP contribution in [0.25, 0.3) is 0 Å². The van der Waals surface area contributed by atoms with E-state index in [1.54, 1.807) is 24.3 Å². The first-order valence-electron chi connectivity index (χ1n) is 8.78. The number of amides is 3. The van der Waals surface area contributed by atoms with Crippen LogP contribution in [0.2, 0.25) is 0 Å². The minimum atomic E-state index is -0.726. The van der Waals surface area contributed by atoms with Gasteiger partial charge >= 0.3 is 0 Å². The fraction of sp³-hybridized carbons (Fsp3) is 0.526. The van der Waals surface area contributed by atoms with Crippen molar-refractivity contribution in [2.75, 3.05) is 13.1 Å². The average Bonchev–Trinajstić information content (AvgIpc) is 2.78. The second kappa shape index (κ2) is 6.75. The molecule has 0 spiro atoms. The highest BCUT2D eigenvalue weighted by Gasteiger charge is 2.45. The molecule has 1 fully saturated rings. The van der Waals surface area contributed by atoms with Crippen LogP contribution in [0.15, 0.2) is 24.3 Å². The first-order valence-corrected chi connectivity index (χ1v) is 8.78. The van der Waals surface area contributed by atoms with Crippen molar-refractivity contribution in [1.82, 2.24) is 9.80 Å². The van der Waals surface area contributed by atoms with E-state index in [1.807, 2.05) is 18.7 Å². The molecule has 0 N–H and O–H groups in total. The van der Waals surface area contributed by atoms with E-state index in [0.29, 0.717) is 24.2 Å². The van der Waals surface area contributed by atoms with Crippen LogP contribution in [0.5, 0.6) is 0 Å². The number of likely N-dealkylation sites (tertiary alicyclic amines) is 1. The second-order valence-electron chi connectivity index (χ2n) is 6.95. The number of fused-ring (bicyclic) bond motifs is 1. The van der Waals surface area contributed by atoms with E-state index in [4.69, 9.17) is 0 Å². The zero-order valence-corrected chi connectivity index (χ0v) is 14.3. The molecule has 3 amide bonds. The van der Waals surface area contributed by atoms with Crippen molar-refractivity contribution >= 4 is 17.7 Å². The minimum Gasteiger partial charge on any atom is -0.341 e. The summed E-state index contributed by atoms with van der Waals surface area (Å²) in [6.45, 7) is 5.21. The zero-order valence-electron chi connectivity index (χ0n) is 14.3. The summed E-state index contributed by atoms with van der Waals surface area (Å²) in [5, 5.41) is 0. The van der Waals surface area contributed by atoms with Gasteiger partial charge in [0.2, 0.25) is 5.91 Å². The molecule has 24 heavy (non-hydrogen) atoms. The maximum absolute atomic E-state index is 13.1. The molecular weight excluding hydrogens is 304 g/mol. The molecule has 3 rings (SSSR count). The van der Waals surface area contributed by atoms with E-state index in [9.17, 15) is 14.4 Å². The Bertz CT molecular complexity index is 625. The van der Waals surface area contributed by atoms with Crippen molar-refractivity contribution in [3.05, 3.63) is 35.4 Å². The van der Waals surface area contributed by atoms with Crippen molar-refractivity contribution in [3.63, 3.8) is 0 Å².